The minimum Gasteiger partial charge on any atom is -0.240 e. The fourth-order valence-corrected chi connectivity index (χ4v) is 2.94. The molecule has 0 fully saturated rings. The Morgan fingerprint density at radius 2 is 1.71 bits per heavy atom. The molecule has 0 spiro atoms. The molecule has 0 bridgehead atoms. The average Bonchev–Trinajstić information content (AvgIpc) is 2.55. The molecule has 0 saturated heterocycles. The van der Waals surface area contributed by atoms with Gasteiger partial charge in [0.25, 0.3) is 0 Å². The monoisotopic (exact) mass is 279 g/mol. The number of rotatable bonds is 4. The average molecular weight is 279 g/mol. The molecule has 3 nitrogen and oxygen atoms in total. The van der Waals surface area contributed by atoms with E-state index in [4.69, 9.17) is 0 Å². The highest BCUT2D eigenvalue weighted by molar-refractivity contribution is 6.34. The van der Waals surface area contributed by atoms with Crippen LogP contribution in [0.5, 0.6) is 0 Å². The molecular weight excluding hydrogens is 260 g/mol. The largest absolute Gasteiger partial charge is 0.367 e. The predicted octanol–water partition coefficient (Wildman–Crippen LogP) is 4.37. The van der Waals surface area contributed by atoms with Crippen LogP contribution in [0.25, 0.3) is 0 Å². The van der Waals surface area contributed by atoms with Gasteiger partial charge in [-0.15, -0.1) is 0 Å². The van der Waals surface area contributed by atoms with E-state index in [9.17, 15) is 4.79 Å². The molecule has 2 aromatic carbocycles. The van der Waals surface area contributed by atoms with E-state index < -0.39 is 0 Å². The maximum atomic E-state index is 12.8. The SMILES string of the molecule is CCCC[N+]1(c2ccccc2)C(=O)C=Nc2ccccc21. The van der Waals surface area contributed by atoms with Gasteiger partial charge < -0.3 is 0 Å². The molecule has 0 N–H and O–H groups in total. The summed E-state index contributed by atoms with van der Waals surface area (Å²) in [5, 5.41) is 0. The van der Waals surface area contributed by atoms with Crippen LogP contribution in [0.4, 0.5) is 17.1 Å². The number of hydrogen-bond donors (Lipinski definition) is 0. The van der Waals surface area contributed by atoms with Gasteiger partial charge in [0, 0.05) is 18.2 Å². The molecule has 1 aliphatic rings. The van der Waals surface area contributed by atoms with Gasteiger partial charge in [0.2, 0.25) is 0 Å². The lowest BCUT2D eigenvalue weighted by Gasteiger charge is -2.36. The Labute approximate surface area is 125 Å². The van der Waals surface area contributed by atoms with Crippen molar-refractivity contribution in [3.05, 3.63) is 54.6 Å². The summed E-state index contributed by atoms with van der Waals surface area (Å²) in [7, 11) is 0. The molecule has 2 aromatic rings. The number of carbonyl (C=O) groups is 1. The lowest BCUT2D eigenvalue weighted by molar-refractivity contribution is -0.120. The van der Waals surface area contributed by atoms with E-state index in [0.717, 1.165) is 36.4 Å². The van der Waals surface area contributed by atoms with Crippen molar-refractivity contribution in [3.63, 3.8) is 0 Å². The van der Waals surface area contributed by atoms with Crippen molar-refractivity contribution < 1.29 is 4.79 Å². The number of aliphatic imine (C=N–C) groups is 1. The van der Waals surface area contributed by atoms with Crippen LogP contribution in [0.2, 0.25) is 0 Å². The van der Waals surface area contributed by atoms with Crippen LogP contribution in [-0.4, -0.2) is 18.7 Å². The molecule has 1 atom stereocenters. The highest BCUT2D eigenvalue weighted by Crippen LogP contribution is 2.43. The summed E-state index contributed by atoms with van der Waals surface area (Å²) < 4.78 is 0.244. The van der Waals surface area contributed by atoms with Crippen molar-refractivity contribution in [3.8, 4) is 0 Å². The van der Waals surface area contributed by atoms with Crippen molar-refractivity contribution in [1.29, 1.82) is 0 Å². The highest BCUT2D eigenvalue weighted by atomic mass is 16.2. The standard InChI is InChI=1S/C18H19N2O/c1-2-3-13-20(15-9-5-4-6-10-15)17-12-8-7-11-16(17)19-14-18(20)21/h4-12,14H,2-3,13H2,1H3/q+1. The number of para-hydroxylation sites is 3. The second kappa shape index (κ2) is 5.62. The minimum atomic E-state index is 0.0355. The van der Waals surface area contributed by atoms with Crippen LogP contribution in [0.1, 0.15) is 19.8 Å². The first-order valence-electron chi connectivity index (χ1n) is 7.41. The van der Waals surface area contributed by atoms with Crippen LogP contribution in [0.15, 0.2) is 59.6 Å². The maximum absolute atomic E-state index is 12.8. The van der Waals surface area contributed by atoms with Gasteiger partial charge in [0.1, 0.15) is 17.6 Å². The van der Waals surface area contributed by atoms with Crippen LogP contribution in [0, 0.1) is 0 Å². The van der Waals surface area contributed by atoms with Gasteiger partial charge in [-0.25, -0.2) is 9.79 Å². The molecule has 21 heavy (non-hydrogen) atoms. The van der Waals surface area contributed by atoms with E-state index in [1.165, 1.54) is 6.21 Å². The van der Waals surface area contributed by atoms with Gasteiger partial charge in [0.05, 0.1) is 6.54 Å². The maximum Gasteiger partial charge on any atom is 0.367 e. The number of fused-ring (bicyclic) bond motifs is 1. The molecule has 106 valence electrons. The Morgan fingerprint density at radius 1 is 1.00 bits per heavy atom. The van der Waals surface area contributed by atoms with Crippen molar-refractivity contribution >= 4 is 29.2 Å². The summed E-state index contributed by atoms with van der Waals surface area (Å²) in [5.74, 6) is 0.0355. The molecule has 1 unspecified atom stereocenters. The number of unbranched alkanes of at least 4 members (excludes halogenated alkanes) is 1. The minimum absolute atomic E-state index is 0.0355. The third-order valence-electron chi connectivity index (χ3n) is 4.03. The van der Waals surface area contributed by atoms with E-state index in [-0.39, 0.29) is 10.4 Å². The summed E-state index contributed by atoms with van der Waals surface area (Å²) in [6, 6.07) is 18.0. The Morgan fingerprint density at radius 3 is 2.48 bits per heavy atom. The van der Waals surface area contributed by atoms with E-state index >= 15 is 0 Å². The number of quaternary nitrogens is 1. The molecule has 1 heterocycles. The van der Waals surface area contributed by atoms with E-state index in [2.05, 4.69) is 11.9 Å². The number of carbonyl (C=O) groups excluding carboxylic acids is 1. The van der Waals surface area contributed by atoms with Crippen LogP contribution in [0.3, 0.4) is 0 Å². The van der Waals surface area contributed by atoms with Crippen molar-refractivity contribution in [2.24, 2.45) is 4.99 Å². The second-order valence-electron chi connectivity index (χ2n) is 5.31. The van der Waals surface area contributed by atoms with Crippen LogP contribution in [-0.2, 0) is 4.79 Å². The third kappa shape index (κ3) is 2.20. The highest BCUT2D eigenvalue weighted by Gasteiger charge is 2.44. The third-order valence-corrected chi connectivity index (χ3v) is 4.03. The quantitative estimate of drug-likeness (QED) is 0.764. The zero-order valence-corrected chi connectivity index (χ0v) is 12.2. The molecule has 0 aromatic heterocycles. The molecule has 1 aliphatic heterocycles. The van der Waals surface area contributed by atoms with Crippen molar-refractivity contribution in [2.45, 2.75) is 19.8 Å². The second-order valence-corrected chi connectivity index (χ2v) is 5.31. The summed E-state index contributed by atoms with van der Waals surface area (Å²) in [6.45, 7) is 2.91. The summed E-state index contributed by atoms with van der Waals surface area (Å²) in [4.78, 5) is 17.1. The smallest absolute Gasteiger partial charge is 0.240 e. The fraction of sp³-hybridized carbons (Fsp3) is 0.222. The van der Waals surface area contributed by atoms with Crippen LogP contribution >= 0.6 is 0 Å². The first-order chi connectivity index (χ1) is 10.3. The topological polar surface area (TPSA) is 29.4 Å². The van der Waals surface area contributed by atoms with E-state index in [1.54, 1.807) is 0 Å². The first-order valence-corrected chi connectivity index (χ1v) is 7.41. The Balaban J connectivity index is 2.24. The fourth-order valence-electron chi connectivity index (χ4n) is 2.94. The van der Waals surface area contributed by atoms with Gasteiger partial charge in [-0.1, -0.05) is 43.7 Å². The molecule has 0 radical (unpaired) electrons. The molecular formula is C18H19N2O+. The van der Waals surface area contributed by atoms with Gasteiger partial charge in [0.15, 0.2) is 5.69 Å². The zero-order valence-electron chi connectivity index (χ0n) is 12.2. The Bertz CT molecular complexity index is 679. The number of nitrogens with zero attached hydrogens (tertiary/aromatic N) is 2. The summed E-state index contributed by atoms with van der Waals surface area (Å²) in [6.07, 6.45) is 3.52. The molecule has 0 saturated carbocycles. The Kier molecular flexibility index (Phi) is 3.67. The van der Waals surface area contributed by atoms with Gasteiger partial charge in [-0.05, 0) is 12.5 Å². The molecule has 1 amide bonds. The van der Waals surface area contributed by atoms with Crippen molar-refractivity contribution in [2.75, 3.05) is 6.54 Å². The number of amides is 1. The normalized spacial score (nSPS) is 20.3. The van der Waals surface area contributed by atoms with Gasteiger partial charge >= 0.3 is 5.91 Å². The van der Waals surface area contributed by atoms with Crippen molar-refractivity contribution in [1.82, 2.24) is 4.48 Å². The number of benzene rings is 2. The zero-order chi connectivity index (χ0) is 14.7. The first kappa shape index (κ1) is 13.7. The molecule has 0 aliphatic carbocycles. The predicted molar refractivity (Wildman–Crippen MR) is 87.3 cm³/mol. The summed E-state index contributed by atoms with van der Waals surface area (Å²) >= 11 is 0. The van der Waals surface area contributed by atoms with E-state index in [0.29, 0.717) is 0 Å². The van der Waals surface area contributed by atoms with Gasteiger partial charge in [-0.3, -0.25) is 0 Å². The summed E-state index contributed by atoms with van der Waals surface area (Å²) in [5.41, 5.74) is 2.87. The Hall–Kier alpha value is -2.26. The number of hydrogen-bond acceptors (Lipinski definition) is 2. The molecule has 3 rings (SSSR count). The lowest BCUT2D eigenvalue weighted by Crippen LogP contribution is -2.52. The lowest BCUT2D eigenvalue weighted by atomic mass is 10.1. The van der Waals surface area contributed by atoms with E-state index in [1.807, 2.05) is 54.6 Å². The van der Waals surface area contributed by atoms with Gasteiger partial charge in [-0.2, -0.15) is 4.48 Å². The van der Waals surface area contributed by atoms with Crippen LogP contribution < -0.4 is 4.48 Å². The molecule has 3 heteroatoms.